The van der Waals surface area contributed by atoms with Crippen molar-refractivity contribution in [3.8, 4) is 5.88 Å². The zero-order chi connectivity index (χ0) is 11.5. The Morgan fingerprint density at radius 1 is 1.56 bits per heavy atom. The molecule has 0 unspecified atom stereocenters. The zero-order valence-corrected chi connectivity index (χ0v) is 9.97. The lowest BCUT2D eigenvalue weighted by Crippen LogP contribution is -2.34. The first-order valence-electron chi connectivity index (χ1n) is 5.31. The summed E-state index contributed by atoms with van der Waals surface area (Å²) in [6, 6.07) is 0. The summed E-state index contributed by atoms with van der Waals surface area (Å²) in [6.07, 6.45) is 2.15. The lowest BCUT2D eigenvalue weighted by atomic mass is 10.1. The minimum atomic E-state index is -0.492. The fourth-order valence-corrected chi connectivity index (χ4v) is 2.37. The summed E-state index contributed by atoms with van der Waals surface area (Å²) in [5.74, 6) is 0.0685. The highest BCUT2D eigenvalue weighted by Crippen LogP contribution is 2.26. The second-order valence-electron chi connectivity index (χ2n) is 3.81. The van der Waals surface area contributed by atoms with E-state index in [1.165, 1.54) is 11.3 Å². The molecular weight excluding hydrogens is 226 g/mol. The van der Waals surface area contributed by atoms with Gasteiger partial charge >= 0.3 is 0 Å². The number of carbonyl (C=O) groups is 1. The highest BCUT2D eigenvalue weighted by atomic mass is 32.1. The van der Waals surface area contributed by atoms with Gasteiger partial charge in [0.05, 0.1) is 4.88 Å². The van der Waals surface area contributed by atoms with Gasteiger partial charge < -0.3 is 15.8 Å². The maximum Gasteiger partial charge on any atom is 0.277 e. The van der Waals surface area contributed by atoms with Crippen LogP contribution in [-0.2, 0) is 0 Å². The Balaban J connectivity index is 2.05. The molecule has 6 heteroatoms. The number of nitrogens with two attached hydrogens (primary N) is 1. The van der Waals surface area contributed by atoms with Crippen molar-refractivity contribution in [3.05, 3.63) is 9.88 Å². The van der Waals surface area contributed by atoms with Gasteiger partial charge in [-0.2, -0.15) is 4.98 Å². The van der Waals surface area contributed by atoms with Gasteiger partial charge in [0.2, 0.25) is 5.88 Å². The average molecular weight is 241 g/mol. The number of rotatable bonds is 3. The van der Waals surface area contributed by atoms with Gasteiger partial charge in [0.25, 0.3) is 5.91 Å². The van der Waals surface area contributed by atoms with Crippen LogP contribution in [0.25, 0.3) is 0 Å². The van der Waals surface area contributed by atoms with Gasteiger partial charge in [0, 0.05) is 0 Å². The molecule has 0 atom stereocenters. The van der Waals surface area contributed by atoms with Gasteiger partial charge in [-0.1, -0.05) is 0 Å². The van der Waals surface area contributed by atoms with Crippen LogP contribution >= 0.6 is 11.3 Å². The summed E-state index contributed by atoms with van der Waals surface area (Å²) in [5, 5.41) is 3.59. The van der Waals surface area contributed by atoms with Crippen LogP contribution in [0.5, 0.6) is 5.88 Å². The summed E-state index contributed by atoms with van der Waals surface area (Å²) in [5.41, 5.74) is 5.17. The number of hydrogen-bond acceptors (Lipinski definition) is 5. The van der Waals surface area contributed by atoms with E-state index in [0.717, 1.165) is 30.8 Å². The second-order valence-corrected chi connectivity index (χ2v) is 5.02. The summed E-state index contributed by atoms with van der Waals surface area (Å²) in [7, 11) is 0. The molecule has 0 aromatic carbocycles. The van der Waals surface area contributed by atoms with E-state index < -0.39 is 5.91 Å². The first kappa shape index (κ1) is 11.3. The normalized spacial score (nSPS) is 17.3. The molecule has 1 aromatic heterocycles. The summed E-state index contributed by atoms with van der Waals surface area (Å²) >= 11 is 1.28. The van der Waals surface area contributed by atoms with Crippen LogP contribution in [0.2, 0.25) is 0 Å². The fraction of sp³-hybridized carbons (Fsp3) is 0.600. The number of thiazole rings is 1. The van der Waals surface area contributed by atoms with Gasteiger partial charge in [0.15, 0.2) is 5.01 Å². The first-order valence-corrected chi connectivity index (χ1v) is 6.13. The molecule has 1 aliphatic heterocycles. The summed E-state index contributed by atoms with van der Waals surface area (Å²) in [6.45, 7) is 3.83. The molecule has 5 nitrogen and oxygen atoms in total. The Labute approximate surface area is 98.0 Å². The number of ether oxygens (including phenoxy) is 1. The molecule has 16 heavy (non-hydrogen) atoms. The first-order chi connectivity index (χ1) is 7.66. The minimum Gasteiger partial charge on any atom is -0.473 e. The van der Waals surface area contributed by atoms with Crippen molar-refractivity contribution in [2.45, 2.75) is 25.9 Å². The van der Waals surface area contributed by atoms with E-state index in [1.54, 1.807) is 0 Å². The average Bonchev–Trinajstić information content (AvgIpc) is 2.62. The van der Waals surface area contributed by atoms with Gasteiger partial charge in [-0.15, -0.1) is 11.3 Å². The molecule has 0 spiro atoms. The highest BCUT2D eigenvalue weighted by Gasteiger charge is 2.19. The van der Waals surface area contributed by atoms with Crippen LogP contribution in [0.4, 0.5) is 0 Å². The number of primary amides is 1. The number of aromatic nitrogens is 1. The largest absolute Gasteiger partial charge is 0.473 e. The monoisotopic (exact) mass is 241 g/mol. The van der Waals surface area contributed by atoms with Crippen LogP contribution in [0.15, 0.2) is 0 Å². The number of amides is 1. The molecule has 1 saturated heterocycles. The molecule has 88 valence electrons. The van der Waals surface area contributed by atoms with E-state index in [-0.39, 0.29) is 6.10 Å². The summed E-state index contributed by atoms with van der Waals surface area (Å²) < 4.78 is 5.77. The number of piperidine rings is 1. The van der Waals surface area contributed by atoms with Gasteiger partial charge in [-0.25, -0.2) is 0 Å². The van der Waals surface area contributed by atoms with Crippen molar-refractivity contribution in [2.75, 3.05) is 13.1 Å². The maximum absolute atomic E-state index is 11.0. The molecular formula is C10H15N3O2S. The van der Waals surface area contributed by atoms with Gasteiger partial charge in [0.1, 0.15) is 6.10 Å². The third-order valence-corrected chi connectivity index (χ3v) is 3.50. The Morgan fingerprint density at radius 3 is 2.81 bits per heavy atom. The molecule has 0 saturated carbocycles. The molecule has 0 radical (unpaired) electrons. The SMILES string of the molecule is Cc1sc(C(N)=O)nc1OC1CCNCC1. The van der Waals surface area contributed by atoms with Crippen molar-refractivity contribution >= 4 is 17.2 Å². The number of hydrogen-bond donors (Lipinski definition) is 2. The number of nitrogens with one attached hydrogen (secondary N) is 1. The van der Waals surface area contributed by atoms with Gasteiger partial charge in [-0.05, 0) is 32.9 Å². The van der Waals surface area contributed by atoms with E-state index in [2.05, 4.69) is 10.3 Å². The third kappa shape index (κ3) is 2.51. The molecule has 1 fully saturated rings. The molecule has 3 N–H and O–H groups in total. The maximum atomic E-state index is 11.0. The van der Waals surface area contributed by atoms with Crippen molar-refractivity contribution in [1.29, 1.82) is 0 Å². The molecule has 2 rings (SSSR count). The van der Waals surface area contributed by atoms with Crippen molar-refractivity contribution in [1.82, 2.24) is 10.3 Å². The minimum absolute atomic E-state index is 0.197. The Morgan fingerprint density at radius 2 is 2.25 bits per heavy atom. The van der Waals surface area contributed by atoms with E-state index in [1.807, 2.05) is 6.92 Å². The molecule has 2 heterocycles. The molecule has 1 aliphatic rings. The van der Waals surface area contributed by atoms with Crippen molar-refractivity contribution in [2.24, 2.45) is 5.73 Å². The molecule has 0 bridgehead atoms. The Bertz CT molecular complexity index is 385. The summed E-state index contributed by atoms with van der Waals surface area (Å²) in [4.78, 5) is 16.0. The third-order valence-electron chi connectivity index (χ3n) is 2.53. The van der Waals surface area contributed by atoms with Crippen LogP contribution in [0.3, 0.4) is 0 Å². The van der Waals surface area contributed by atoms with Crippen LogP contribution in [-0.4, -0.2) is 30.1 Å². The van der Waals surface area contributed by atoms with E-state index in [0.29, 0.717) is 10.9 Å². The van der Waals surface area contributed by atoms with Crippen molar-refractivity contribution < 1.29 is 9.53 Å². The molecule has 1 amide bonds. The van der Waals surface area contributed by atoms with Crippen LogP contribution in [0.1, 0.15) is 27.5 Å². The topological polar surface area (TPSA) is 77.2 Å². The Hall–Kier alpha value is -1.14. The second kappa shape index (κ2) is 4.80. The van der Waals surface area contributed by atoms with Crippen molar-refractivity contribution in [3.63, 3.8) is 0 Å². The lowest BCUT2D eigenvalue weighted by molar-refractivity contribution is 0.0997. The quantitative estimate of drug-likeness (QED) is 0.816. The van der Waals surface area contributed by atoms with E-state index in [4.69, 9.17) is 10.5 Å². The van der Waals surface area contributed by atoms with Gasteiger partial charge in [-0.3, -0.25) is 4.79 Å². The standard InChI is InChI=1S/C10H15N3O2S/c1-6-9(13-10(16-6)8(11)14)15-7-2-4-12-5-3-7/h7,12H,2-5H2,1H3,(H2,11,14). The lowest BCUT2D eigenvalue weighted by Gasteiger charge is -2.22. The predicted molar refractivity (Wildman–Crippen MR) is 61.9 cm³/mol. The van der Waals surface area contributed by atoms with E-state index >= 15 is 0 Å². The smallest absolute Gasteiger partial charge is 0.277 e. The molecule has 1 aromatic rings. The predicted octanol–water partition coefficient (Wildman–Crippen LogP) is 0.681. The van der Waals surface area contributed by atoms with Crippen LogP contribution < -0.4 is 15.8 Å². The number of aryl methyl sites for hydroxylation is 1. The fourth-order valence-electron chi connectivity index (χ4n) is 1.67. The number of carbonyl (C=O) groups excluding carboxylic acids is 1. The highest BCUT2D eigenvalue weighted by molar-refractivity contribution is 7.13. The number of nitrogens with zero attached hydrogens (tertiary/aromatic N) is 1. The zero-order valence-electron chi connectivity index (χ0n) is 9.16. The Kier molecular flexibility index (Phi) is 3.40. The van der Waals surface area contributed by atoms with E-state index in [9.17, 15) is 4.79 Å². The molecule has 0 aliphatic carbocycles. The van der Waals surface area contributed by atoms with Crippen LogP contribution in [0, 0.1) is 6.92 Å².